The number of rotatable bonds is 9. The third kappa shape index (κ3) is 6.44. The molecule has 0 aliphatic rings. The van der Waals surface area contributed by atoms with Gasteiger partial charge in [0.05, 0.1) is 5.69 Å². The van der Waals surface area contributed by atoms with Crippen molar-refractivity contribution in [2.45, 2.75) is 79.3 Å². The Balaban J connectivity index is 0.00000529. The first-order chi connectivity index (χ1) is 10.7. The molecule has 0 bridgehead atoms. The van der Waals surface area contributed by atoms with Crippen molar-refractivity contribution < 1.29 is 4.79 Å². The van der Waals surface area contributed by atoms with E-state index in [2.05, 4.69) is 49.7 Å². The zero-order chi connectivity index (χ0) is 17.6. The van der Waals surface area contributed by atoms with Gasteiger partial charge in [0.2, 0.25) is 5.91 Å². The Morgan fingerprint density at radius 3 is 2.38 bits per heavy atom. The maximum atomic E-state index is 12.1. The summed E-state index contributed by atoms with van der Waals surface area (Å²) in [5.74, 6) is 0.627. The van der Waals surface area contributed by atoms with Crippen LogP contribution in [0.2, 0.25) is 0 Å². The minimum absolute atomic E-state index is 0. The number of nitrogens with two attached hydrogens (primary N) is 1. The first-order valence-corrected chi connectivity index (χ1v) is 8.80. The van der Waals surface area contributed by atoms with Crippen LogP contribution in [0.25, 0.3) is 0 Å². The molecule has 1 heterocycles. The quantitative estimate of drug-likeness (QED) is 0.712. The van der Waals surface area contributed by atoms with Crippen LogP contribution >= 0.6 is 12.4 Å². The molecule has 1 aromatic heterocycles. The number of carbonyl (C=O) groups excluding carboxylic acids is 1. The molecule has 6 heteroatoms. The van der Waals surface area contributed by atoms with Gasteiger partial charge in [-0.15, -0.1) is 12.4 Å². The molecule has 0 aliphatic carbocycles. The van der Waals surface area contributed by atoms with Gasteiger partial charge in [-0.25, -0.2) is 0 Å². The van der Waals surface area contributed by atoms with E-state index in [9.17, 15) is 4.79 Å². The number of amides is 1. The number of aromatic nitrogens is 2. The van der Waals surface area contributed by atoms with Crippen molar-refractivity contribution in [1.82, 2.24) is 15.1 Å². The number of halogens is 1. The van der Waals surface area contributed by atoms with Crippen molar-refractivity contribution in [3.8, 4) is 0 Å². The summed E-state index contributed by atoms with van der Waals surface area (Å²) in [5.41, 5.74) is 9.35. The molecule has 0 radical (unpaired) electrons. The van der Waals surface area contributed by atoms with Gasteiger partial charge in [-0.1, -0.05) is 27.7 Å². The zero-order valence-electron chi connectivity index (χ0n) is 16.1. The van der Waals surface area contributed by atoms with E-state index in [-0.39, 0.29) is 23.9 Å². The topological polar surface area (TPSA) is 72.9 Å². The summed E-state index contributed by atoms with van der Waals surface area (Å²) in [6.07, 6.45) is 2.95. The van der Waals surface area contributed by atoms with Crippen molar-refractivity contribution in [1.29, 1.82) is 0 Å². The number of hydrogen-bond acceptors (Lipinski definition) is 3. The molecular weight excluding hydrogens is 324 g/mol. The Hall–Kier alpha value is -1.07. The molecule has 24 heavy (non-hydrogen) atoms. The standard InChI is InChI=1S/C18H34N4O.ClH/c1-7-18(19,8-2)12-20-17(23)10-9-16-14(5)21-22(15(16)6)11-13(3)4;/h13H,7-12,19H2,1-6H3,(H,20,23);1H. The Bertz CT molecular complexity index is 521. The van der Waals surface area contributed by atoms with E-state index in [1.807, 2.05) is 6.92 Å². The lowest BCUT2D eigenvalue weighted by atomic mass is 9.94. The lowest BCUT2D eigenvalue weighted by Crippen LogP contribution is -2.49. The SMILES string of the molecule is CCC(N)(CC)CNC(=O)CCc1c(C)nn(CC(C)C)c1C.Cl. The number of aryl methyl sites for hydroxylation is 1. The van der Waals surface area contributed by atoms with Gasteiger partial charge in [0.15, 0.2) is 0 Å². The molecule has 0 atom stereocenters. The lowest BCUT2D eigenvalue weighted by molar-refractivity contribution is -0.121. The van der Waals surface area contributed by atoms with Crippen LogP contribution in [0.5, 0.6) is 0 Å². The van der Waals surface area contributed by atoms with Crippen molar-refractivity contribution in [2.24, 2.45) is 11.7 Å². The maximum absolute atomic E-state index is 12.1. The van der Waals surface area contributed by atoms with Crippen LogP contribution in [0.15, 0.2) is 0 Å². The first-order valence-electron chi connectivity index (χ1n) is 8.80. The molecule has 0 unspecified atom stereocenters. The van der Waals surface area contributed by atoms with Crippen LogP contribution in [0.4, 0.5) is 0 Å². The van der Waals surface area contributed by atoms with E-state index in [1.54, 1.807) is 0 Å². The van der Waals surface area contributed by atoms with Gasteiger partial charge >= 0.3 is 0 Å². The fraction of sp³-hybridized carbons (Fsp3) is 0.778. The average Bonchev–Trinajstić information content (AvgIpc) is 2.76. The van der Waals surface area contributed by atoms with Crippen molar-refractivity contribution in [2.75, 3.05) is 6.54 Å². The summed E-state index contributed by atoms with van der Waals surface area (Å²) in [6.45, 7) is 14.1. The van der Waals surface area contributed by atoms with Gasteiger partial charge < -0.3 is 11.1 Å². The summed E-state index contributed by atoms with van der Waals surface area (Å²) in [5, 5.41) is 7.59. The minimum Gasteiger partial charge on any atom is -0.354 e. The molecule has 0 aromatic carbocycles. The summed E-state index contributed by atoms with van der Waals surface area (Å²) in [7, 11) is 0. The molecule has 0 aliphatic heterocycles. The molecular formula is C18H35ClN4O. The fourth-order valence-corrected chi connectivity index (χ4v) is 2.72. The Morgan fingerprint density at radius 1 is 1.29 bits per heavy atom. The molecule has 140 valence electrons. The van der Waals surface area contributed by atoms with Crippen LogP contribution in [-0.4, -0.2) is 27.8 Å². The van der Waals surface area contributed by atoms with E-state index >= 15 is 0 Å². The van der Waals surface area contributed by atoms with Crippen molar-refractivity contribution in [3.63, 3.8) is 0 Å². The van der Waals surface area contributed by atoms with E-state index in [1.165, 1.54) is 11.3 Å². The second-order valence-electron chi connectivity index (χ2n) is 7.07. The van der Waals surface area contributed by atoms with E-state index in [0.717, 1.165) is 31.5 Å². The van der Waals surface area contributed by atoms with Crippen molar-refractivity contribution in [3.05, 3.63) is 17.0 Å². The predicted molar refractivity (Wildman–Crippen MR) is 103 cm³/mol. The van der Waals surface area contributed by atoms with Crippen LogP contribution in [0, 0.1) is 19.8 Å². The van der Waals surface area contributed by atoms with Gasteiger partial charge in [0, 0.05) is 30.7 Å². The molecule has 0 saturated carbocycles. The Morgan fingerprint density at radius 2 is 1.88 bits per heavy atom. The monoisotopic (exact) mass is 358 g/mol. The van der Waals surface area contributed by atoms with Crippen LogP contribution in [0.1, 0.15) is 63.9 Å². The van der Waals surface area contributed by atoms with Gasteiger partial charge in [0.1, 0.15) is 0 Å². The highest BCUT2D eigenvalue weighted by Gasteiger charge is 2.21. The molecule has 0 spiro atoms. The largest absolute Gasteiger partial charge is 0.354 e. The Kier molecular flexibility index (Phi) is 9.59. The summed E-state index contributed by atoms with van der Waals surface area (Å²) >= 11 is 0. The molecule has 1 amide bonds. The average molecular weight is 359 g/mol. The van der Waals surface area contributed by atoms with Crippen molar-refractivity contribution >= 4 is 18.3 Å². The molecule has 1 rings (SSSR count). The second-order valence-corrected chi connectivity index (χ2v) is 7.07. The third-order valence-corrected chi connectivity index (χ3v) is 4.72. The molecule has 1 aromatic rings. The van der Waals surface area contributed by atoms with Gasteiger partial charge in [-0.3, -0.25) is 9.48 Å². The normalized spacial score (nSPS) is 11.5. The highest BCUT2D eigenvalue weighted by Crippen LogP contribution is 2.16. The lowest BCUT2D eigenvalue weighted by Gasteiger charge is -2.26. The maximum Gasteiger partial charge on any atom is 0.220 e. The Labute approximate surface area is 153 Å². The van der Waals surface area contributed by atoms with E-state index in [4.69, 9.17) is 5.73 Å². The minimum atomic E-state index is -0.288. The number of carbonyl (C=O) groups is 1. The van der Waals surface area contributed by atoms with Gasteiger partial charge in [-0.2, -0.15) is 5.10 Å². The smallest absolute Gasteiger partial charge is 0.220 e. The van der Waals surface area contributed by atoms with E-state index in [0.29, 0.717) is 18.9 Å². The van der Waals surface area contributed by atoms with Crippen LogP contribution in [-0.2, 0) is 17.8 Å². The number of hydrogen-bond donors (Lipinski definition) is 2. The van der Waals surface area contributed by atoms with E-state index < -0.39 is 0 Å². The van der Waals surface area contributed by atoms with Crippen LogP contribution < -0.4 is 11.1 Å². The predicted octanol–water partition coefficient (Wildman–Crippen LogP) is 3.14. The van der Waals surface area contributed by atoms with Crippen LogP contribution in [0.3, 0.4) is 0 Å². The van der Waals surface area contributed by atoms with Gasteiger partial charge in [-0.05, 0) is 44.6 Å². The summed E-state index contributed by atoms with van der Waals surface area (Å²) in [4.78, 5) is 12.1. The fourth-order valence-electron chi connectivity index (χ4n) is 2.72. The molecule has 5 nitrogen and oxygen atoms in total. The number of nitrogens with one attached hydrogen (secondary N) is 1. The highest BCUT2D eigenvalue weighted by molar-refractivity contribution is 5.85. The summed E-state index contributed by atoms with van der Waals surface area (Å²) in [6, 6.07) is 0. The molecule has 3 N–H and O–H groups in total. The second kappa shape index (κ2) is 10.0. The molecule has 0 saturated heterocycles. The molecule has 0 fully saturated rings. The summed E-state index contributed by atoms with van der Waals surface area (Å²) < 4.78 is 2.06. The first kappa shape index (κ1) is 22.9. The third-order valence-electron chi connectivity index (χ3n) is 4.72. The van der Waals surface area contributed by atoms with Gasteiger partial charge in [0.25, 0.3) is 0 Å². The zero-order valence-corrected chi connectivity index (χ0v) is 16.9. The highest BCUT2D eigenvalue weighted by atomic mass is 35.5. The number of nitrogens with zero attached hydrogens (tertiary/aromatic N) is 2.